The number of rotatable bonds is 4. The van der Waals surface area contributed by atoms with Crippen LogP contribution in [0, 0.1) is 0 Å². The number of carbonyl (C=O) groups excluding carboxylic acids is 1. The fourth-order valence-electron chi connectivity index (χ4n) is 2.17. The summed E-state index contributed by atoms with van der Waals surface area (Å²) in [7, 11) is 1.28. The smallest absolute Gasteiger partial charge is 0.387 e. The number of hydrogen-bond acceptors (Lipinski definition) is 4. The van der Waals surface area contributed by atoms with Gasteiger partial charge < -0.3 is 20.1 Å². The van der Waals surface area contributed by atoms with Gasteiger partial charge in [-0.15, -0.1) is 0 Å². The molecule has 22 heavy (non-hydrogen) atoms. The summed E-state index contributed by atoms with van der Waals surface area (Å²) in [6.45, 7) is -1.18. The highest BCUT2D eigenvalue weighted by atomic mass is 32.1. The number of benzene rings is 1. The number of allylic oxidation sites excluding steroid dienone is 1. The molecule has 0 amide bonds. The van der Waals surface area contributed by atoms with E-state index in [4.69, 9.17) is 17.0 Å². The number of carbonyl (C=O) groups is 1. The molecule has 0 saturated carbocycles. The second kappa shape index (κ2) is 6.69. The Kier molecular flexibility index (Phi) is 4.92. The molecule has 1 aromatic carbocycles. The van der Waals surface area contributed by atoms with Crippen LogP contribution in [0.1, 0.15) is 18.5 Å². The molecule has 1 aliphatic rings. The topological polar surface area (TPSA) is 59.6 Å². The molecule has 118 valence electrons. The summed E-state index contributed by atoms with van der Waals surface area (Å²) in [5, 5.41) is 6.18. The number of esters is 1. The second-order valence-corrected chi connectivity index (χ2v) is 4.92. The maximum absolute atomic E-state index is 12.2. The number of nitrogens with one attached hydrogen (secondary N) is 2. The van der Waals surface area contributed by atoms with Crippen LogP contribution < -0.4 is 15.4 Å². The van der Waals surface area contributed by atoms with Crippen LogP contribution in [0.25, 0.3) is 0 Å². The van der Waals surface area contributed by atoms with Crippen LogP contribution in [0.5, 0.6) is 5.75 Å². The highest BCUT2D eigenvalue weighted by molar-refractivity contribution is 7.80. The summed E-state index contributed by atoms with van der Waals surface area (Å²) < 4.78 is 33.4. The van der Waals surface area contributed by atoms with E-state index in [-0.39, 0.29) is 5.75 Å². The molecule has 0 aromatic heterocycles. The van der Waals surface area contributed by atoms with Gasteiger partial charge >= 0.3 is 12.6 Å². The number of ether oxygens (including phenoxy) is 2. The van der Waals surface area contributed by atoms with Gasteiger partial charge in [-0.1, -0.05) is 12.1 Å². The Hall–Kier alpha value is -2.22. The van der Waals surface area contributed by atoms with Crippen molar-refractivity contribution in [3.63, 3.8) is 0 Å². The number of halogens is 2. The molecule has 2 N–H and O–H groups in total. The van der Waals surface area contributed by atoms with Crippen molar-refractivity contribution in [2.45, 2.75) is 19.6 Å². The zero-order valence-electron chi connectivity index (χ0n) is 11.9. The van der Waals surface area contributed by atoms with Crippen molar-refractivity contribution >= 4 is 23.3 Å². The summed E-state index contributed by atoms with van der Waals surface area (Å²) in [5.41, 5.74) is 1.62. The van der Waals surface area contributed by atoms with Crippen molar-refractivity contribution in [3.05, 3.63) is 41.1 Å². The Labute approximate surface area is 131 Å². The van der Waals surface area contributed by atoms with Gasteiger partial charge in [-0.05, 0) is 36.8 Å². The molecule has 0 radical (unpaired) electrons. The molecule has 1 aliphatic heterocycles. The molecule has 0 unspecified atom stereocenters. The second-order valence-electron chi connectivity index (χ2n) is 4.51. The van der Waals surface area contributed by atoms with Crippen LogP contribution in [-0.4, -0.2) is 24.8 Å². The van der Waals surface area contributed by atoms with Crippen molar-refractivity contribution in [2.24, 2.45) is 0 Å². The first-order valence-electron chi connectivity index (χ1n) is 6.33. The van der Waals surface area contributed by atoms with Crippen LogP contribution in [0.4, 0.5) is 8.78 Å². The SMILES string of the molecule is COC(=O)C1=C(C)NC(=S)N[C@@H]1c1ccc(OC(F)F)cc1. The molecule has 0 spiro atoms. The highest BCUT2D eigenvalue weighted by Gasteiger charge is 2.30. The normalized spacial score (nSPS) is 17.9. The summed E-state index contributed by atoms with van der Waals surface area (Å²) in [6.07, 6.45) is 0. The standard InChI is InChI=1S/C14H14F2N2O3S/c1-7-10(12(19)20-2)11(18-14(22)17-7)8-3-5-9(6-4-8)21-13(15)16/h3-6,11,13H,1-2H3,(H2,17,18,22)/t11-/m1/s1. The third-order valence-corrected chi connectivity index (χ3v) is 3.33. The van der Waals surface area contributed by atoms with Crippen LogP contribution >= 0.6 is 12.2 Å². The van der Waals surface area contributed by atoms with E-state index in [0.717, 1.165) is 0 Å². The molecule has 0 saturated heterocycles. The van der Waals surface area contributed by atoms with Crippen LogP contribution in [0.3, 0.4) is 0 Å². The molecule has 5 nitrogen and oxygen atoms in total. The third kappa shape index (κ3) is 3.51. The van der Waals surface area contributed by atoms with Crippen molar-refractivity contribution < 1.29 is 23.0 Å². The Morgan fingerprint density at radius 2 is 1.95 bits per heavy atom. The van der Waals surface area contributed by atoms with Crippen molar-refractivity contribution in [1.82, 2.24) is 10.6 Å². The first kappa shape index (κ1) is 16.2. The average molecular weight is 328 g/mol. The number of methoxy groups -OCH3 is 1. The number of alkyl halides is 2. The molecular weight excluding hydrogens is 314 g/mol. The van der Waals surface area contributed by atoms with Gasteiger partial charge in [0.2, 0.25) is 0 Å². The molecule has 1 atom stereocenters. The first-order chi connectivity index (χ1) is 10.4. The van der Waals surface area contributed by atoms with Gasteiger partial charge in [0.25, 0.3) is 0 Å². The largest absolute Gasteiger partial charge is 0.466 e. The van der Waals surface area contributed by atoms with E-state index in [0.29, 0.717) is 21.9 Å². The minimum absolute atomic E-state index is 0.0376. The summed E-state index contributed by atoms with van der Waals surface area (Å²) in [4.78, 5) is 12.0. The molecule has 8 heteroatoms. The van der Waals surface area contributed by atoms with Gasteiger partial charge in [-0.3, -0.25) is 0 Å². The van der Waals surface area contributed by atoms with Gasteiger partial charge in [0.15, 0.2) is 5.11 Å². The quantitative estimate of drug-likeness (QED) is 0.653. The van der Waals surface area contributed by atoms with E-state index in [1.54, 1.807) is 19.1 Å². The lowest BCUT2D eigenvalue weighted by Crippen LogP contribution is -2.45. The third-order valence-electron chi connectivity index (χ3n) is 3.11. The molecule has 0 fully saturated rings. The number of hydrogen-bond donors (Lipinski definition) is 2. The number of thiocarbonyl (C=S) groups is 1. The van der Waals surface area contributed by atoms with Gasteiger partial charge in [0.05, 0.1) is 18.7 Å². The van der Waals surface area contributed by atoms with E-state index in [2.05, 4.69) is 15.4 Å². The Balaban J connectivity index is 2.33. The Morgan fingerprint density at radius 3 is 2.50 bits per heavy atom. The fraction of sp³-hybridized carbons (Fsp3) is 0.286. The van der Waals surface area contributed by atoms with E-state index >= 15 is 0 Å². The van der Waals surface area contributed by atoms with Gasteiger partial charge in [-0.25, -0.2) is 4.79 Å². The lowest BCUT2D eigenvalue weighted by Gasteiger charge is -2.29. The van der Waals surface area contributed by atoms with Crippen LogP contribution in [0.15, 0.2) is 35.5 Å². The molecular formula is C14H14F2N2O3S. The van der Waals surface area contributed by atoms with Crippen LogP contribution in [0.2, 0.25) is 0 Å². The van der Waals surface area contributed by atoms with Crippen molar-refractivity contribution in [2.75, 3.05) is 7.11 Å². The lowest BCUT2D eigenvalue weighted by molar-refractivity contribution is -0.136. The molecule has 0 aliphatic carbocycles. The van der Waals surface area contributed by atoms with Crippen LogP contribution in [-0.2, 0) is 9.53 Å². The van der Waals surface area contributed by atoms with Crippen molar-refractivity contribution in [3.8, 4) is 5.75 Å². The van der Waals surface area contributed by atoms with Gasteiger partial charge in [-0.2, -0.15) is 8.78 Å². The fourth-order valence-corrected chi connectivity index (χ4v) is 2.44. The lowest BCUT2D eigenvalue weighted by atomic mass is 9.95. The molecule has 2 rings (SSSR count). The average Bonchev–Trinajstić information content (AvgIpc) is 2.46. The minimum Gasteiger partial charge on any atom is -0.466 e. The maximum atomic E-state index is 12.2. The van der Waals surface area contributed by atoms with E-state index in [1.165, 1.54) is 19.2 Å². The van der Waals surface area contributed by atoms with E-state index in [1.807, 2.05) is 0 Å². The monoisotopic (exact) mass is 328 g/mol. The van der Waals surface area contributed by atoms with Gasteiger partial charge in [0, 0.05) is 5.70 Å². The Morgan fingerprint density at radius 1 is 1.32 bits per heavy atom. The zero-order chi connectivity index (χ0) is 16.3. The van der Waals surface area contributed by atoms with Crippen molar-refractivity contribution in [1.29, 1.82) is 0 Å². The van der Waals surface area contributed by atoms with E-state index in [9.17, 15) is 13.6 Å². The molecule has 0 bridgehead atoms. The molecule has 1 heterocycles. The van der Waals surface area contributed by atoms with E-state index < -0.39 is 18.6 Å². The molecule has 1 aromatic rings. The summed E-state index contributed by atoms with van der Waals surface area (Å²) in [5.74, 6) is -0.464. The maximum Gasteiger partial charge on any atom is 0.387 e. The van der Waals surface area contributed by atoms with Gasteiger partial charge in [0.1, 0.15) is 5.75 Å². The summed E-state index contributed by atoms with van der Waals surface area (Å²) in [6, 6.07) is 5.44. The minimum atomic E-state index is -2.89. The predicted octanol–water partition coefficient (Wildman–Crippen LogP) is 2.25. The zero-order valence-corrected chi connectivity index (χ0v) is 12.7. The Bertz CT molecular complexity index is 617. The highest BCUT2D eigenvalue weighted by Crippen LogP contribution is 2.29. The predicted molar refractivity (Wildman–Crippen MR) is 79.4 cm³/mol. The summed E-state index contributed by atoms with van der Waals surface area (Å²) >= 11 is 5.09. The first-order valence-corrected chi connectivity index (χ1v) is 6.74.